The third-order valence-corrected chi connectivity index (χ3v) is 5.30. The molecule has 6 heteroatoms. The largest absolute Gasteiger partial charge is 0.472 e. The van der Waals surface area contributed by atoms with Crippen molar-refractivity contribution in [2.24, 2.45) is 10.9 Å². The van der Waals surface area contributed by atoms with Gasteiger partial charge in [-0.2, -0.15) is 0 Å². The smallest absolute Gasteiger partial charge is 0.193 e. The fourth-order valence-corrected chi connectivity index (χ4v) is 3.85. The van der Waals surface area contributed by atoms with Crippen LogP contribution in [-0.4, -0.2) is 36.7 Å². The van der Waals surface area contributed by atoms with Gasteiger partial charge in [-0.05, 0) is 30.5 Å². The fourth-order valence-electron chi connectivity index (χ4n) is 2.80. The maximum Gasteiger partial charge on any atom is 0.193 e. The van der Waals surface area contributed by atoms with Gasteiger partial charge < -0.3 is 14.6 Å². The van der Waals surface area contributed by atoms with Crippen LogP contribution >= 0.6 is 35.7 Å². The zero-order valence-electron chi connectivity index (χ0n) is 13.9. The number of benzene rings is 1. The third-order valence-electron chi connectivity index (χ3n) is 4.06. The van der Waals surface area contributed by atoms with Gasteiger partial charge in [-0.25, -0.2) is 0 Å². The summed E-state index contributed by atoms with van der Waals surface area (Å²) in [6.45, 7) is 2.90. The molecule has 0 saturated carbocycles. The predicted molar refractivity (Wildman–Crippen MR) is 111 cm³/mol. The van der Waals surface area contributed by atoms with E-state index >= 15 is 0 Å². The maximum atomic E-state index is 5.10. The van der Waals surface area contributed by atoms with Crippen LogP contribution < -0.4 is 5.32 Å². The summed E-state index contributed by atoms with van der Waals surface area (Å²) in [5.41, 5.74) is 1.14. The van der Waals surface area contributed by atoms with Crippen LogP contribution in [-0.2, 0) is 6.54 Å². The van der Waals surface area contributed by atoms with E-state index in [1.807, 2.05) is 24.9 Å². The molecule has 2 aromatic rings. The Kier molecular flexibility index (Phi) is 7.98. The predicted octanol–water partition coefficient (Wildman–Crippen LogP) is 4.09. The van der Waals surface area contributed by atoms with Gasteiger partial charge in [0.1, 0.15) is 0 Å². The lowest BCUT2D eigenvalue weighted by Crippen LogP contribution is -2.39. The van der Waals surface area contributed by atoms with Gasteiger partial charge in [0, 0.05) is 42.9 Å². The van der Waals surface area contributed by atoms with Crippen LogP contribution in [0.25, 0.3) is 0 Å². The number of nitrogens with zero attached hydrogens (tertiary/aromatic N) is 2. The number of guanidine groups is 1. The Labute approximate surface area is 165 Å². The van der Waals surface area contributed by atoms with Crippen LogP contribution in [0.5, 0.6) is 0 Å². The highest BCUT2D eigenvalue weighted by atomic mass is 127. The van der Waals surface area contributed by atoms with Crippen LogP contribution in [0.2, 0.25) is 0 Å². The van der Waals surface area contributed by atoms with Crippen molar-refractivity contribution < 1.29 is 4.42 Å². The standard InChI is InChI=1S/C18H23N3OS.HI/c1-19-18(20-11-15-8-10-22-13-15)21-9-7-16(12-21)14-23-17-5-3-2-4-6-17;/h2-6,8,10,13,16H,7,9,11-12,14H2,1H3,(H,19,20);1H. The van der Waals surface area contributed by atoms with E-state index in [-0.39, 0.29) is 24.0 Å². The number of rotatable bonds is 5. The van der Waals surface area contributed by atoms with Gasteiger partial charge >= 0.3 is 0 Å². The normalized spacial score (nSPS) is 17.6. The first-order chi connectivity index (χ1) is 11.3. The Morgan fingerprint density at radius 1 is 1.33 bits per heavy atom. The SMILES string of the molecule is CN=C(NCc1ccoc1)N1CCC(CSc2ccccc2)C1.I. The lowest BCUT2D eigenvalue weighted by Gasteiger charge is -2.21. The monoisotopic (exact) mass is 457 g/mol. The van der Waals surface area contributed by atoms with Crippen molar-refractivity contribution in [3.05, 3.63) is 54.5 Å². The topological polar surface area (TPSA) is 40.8 Å². The first kappa shape index (κ1) is 19.2. The molecule has 2 heterocycles. The number of nitrogens with one attached hydrogen (secondary N) is 1. The van der Waals surface area contributed by atoms with Gasteiger partial charge in [0.25, 0.3) is 0 Å². The molecule has 0 amide bonds. The van der Waals surface area contributed by atoms with E-state index in [0.717, 1.165) is 31.2 Å². The second-order valence-corrected chi connectivity index (χ2v) is 6.85. The summed E-state index contributed by atoms with van der Waals surface area (Å²) in [5.74, 6) is 2.87. The summed E-state index contributed by atoms with van der Waals surface area (Å²) >= 11 is 1.95. The van der Waals surface area contributed by atoms with E-state index < -0.39 is 0 Å². The molecule has 0 bridgehead atoms. The molecule has 1 aliphatic rings. The van der Waals surface area contributed by atoms with E-state index in [0.29, 0.717) is 5.92 Å². The Bertz CT molecular complexity index is 618. The van der Waals surface area contributed by atoms with Gasteiger partial charge in [-0.15, -0.1) is 35.7 Å². The minimum absolute atomic E-state index is 0. The Morgan fingerprint density at radius 3 is 2.88 bits per heavy atom. The number of hydrogen-bond donors (Lipinski definition) is 1. The van der Waals surface area contributed by atoms with Crippen molar-refractivity contribution in [1.29, 1.82) is 0 Å². The molecule has 0 spiro atoms. The van der Waals surface area contributed by atoms with E-state index in [1.165, 1.54) is 17.1 Å². The number of furan rings is 1. The fraction of sp³-hybridized carbons (Fsp3) is 0.389. The molecule has 1 aliphatic heterocycles. The van der Waals surface area contributed by atoms with E-state index in [4.69, 9.17) is 4.42 Å². The van der Waals surface area contributed by atoms with Crippen molar-refractivity contribution in [3.63, 3.8) is 0 Å². The van der Waals surface area contributed by atoms with Crippen molar-refractivity contribution in [1.82, 2.24) is 10.2 Å². The van der Waals surface area contributed by atoms with Gasteiger partial charge in [0.15, 0.2) is 5.96 Å². The first-order valence-electron chi connectivity index (χ1n) is 7.99. The summed E-state index contributed by atoms with van der Waals surface area (Å²) in [7, 11) is 1.85. The minimum Gasteiger partial charge on any atom is -0.472 e. The highest BCUT2D eigenvalue weighted by molar-refractivity contribution is 14.0. The molecule has 4 nitrogen and oxygen atoms in total. The van der Waals surface area contributed by atoms with E-state index in [2.05, 4.69) is 45.5 Å². The van der Waals surface area contributed by atoms with Crippen molar-refractivity contribution in [2.45, 2.75) is 17.9 Å². The molecule has 0 radical (unpaired) electrons. The molecule has 0 aliphatic carbocycles. The summed E-state index contributed by atoms with van der Waals surface area (Å²) in [4.78, 5) is 8.13. The summed E-state index contributed by atoms with van der Waals surface area (Å²) in [5, 5.41) is 3.42. The summed E-state index contributed by atoms with van der Waals surface area (Å²) in [6, 6.07) is 12.6. The molecular weight excluding hydrogens is 433 g/mol. The highest BCUT2D eigenvalue weighted by Gasteiger charge is 2.24. The van der Waals surface area contributed by atoms with Gasteiger partial charge in [-0.3, -0.25) is 4.99 Å². The number of halogens is 1. The first-order valence-corrected chi connectivity index (χ1v) is 8.98. The highest BCUT2D eigenvalue weighted by Crippen LogP contribution is 2.25. The molecule has 130 valence electrons. The average molecular weight is 457 g/mol. The number of likely N-dealkylation sites (tertiary alicyclic amines) is 1. The number of hydrogen-bond acceptors (Lipinski definition) is 3. The van der Waals surface area contributed by atoms with Crippen molar-refractivity contribution >= 4 is 41.7 Å². The minimum atomic E-state index is 0. The number of aliphatic imine (C=N–C) groups is 1. The molecule has 24 heavy (non-hydrogen) atoms. The molecule has 1 aromatic carbocycles. The van der Waals surface area contributed by atoms with Crippen LogP contribution in [0, 0.1) is 5.92 Å². The molecule has 1 atom stereocenters. The molecule has 1 N–H and O–H groups in total. The quantitative estimate of drug-likeness (QED) is 0.318. The van der Waals surface area contributed by atoms with E-state index in [9.17, 15) is 0 Å². The second-order valence-electron chi connectivity index (χ2n) is 5.76. The van der Waals surface area contributed by atoms with Crippen molar-refractivity contribution in [2.75, 3.05) is 25.9 Å². The van der Waals surface area contributed by atoms with E-state index in [1.54, 1.807) is 12.5 Å². The zero-order chi connectivity index (χ0) is 15.9. The van der Waals surface area contributed by atoms with Gasteiger partial charge in [-0.1, -0.05) is 18.2 Å². The Hall–Kier alpha value is -1.15. The Morgan fingerprint density at radius 2 is 2.17 bits per heavy atom. The lowest BCUT2D eigenvalue weighted by atomic mass is 10.2. The second kappa shape index (κ2) is 9.98. The van der Waals surface area contributed by atoms with Gasteiger partial charge in [0.05, 0.1) is 12.5 Å². The van der Waals surface area contributed by atoms with Crippen LogP contribution in [0.4, 0.5) is 0 Å². The molecule has 1 aromatic heterocycles. The summed E-state index contributed by atoms with van der Waals surface area (Å²) < 4.78 is 5.10. The molecule has 1 saturated heterocycles. The zero-order valence-corrected chi connectivity index (χ0v) is 17.0. The average Bonchev–Trinajstić information content (AvgIpc) is 3.26. The molecule has 1 fully saturated rings. The summed E-state index contributed by atoms with van der Waals surface area (Å²) in [6.07, 6.45) is 4.70. The van der Waals surface area contributed by atoms with Crippen molar-refractivity contribution in [3.8, 4) is 0 Å². The maximum absolute atomic E-state index is 5.10. The molecular formula is C18H24IN3OS. The van der Waals surface area contributed by atoms with Crippen LogP contribution in [0.1, 0.15) is 12.0 Å². The van der Waals surface area contributed by atoms with Gasteiger partial charge in [0.2, 0.25) is 0 Å². The van der Waals surface area contributed by atoms with Crippen LogP contribution in [0.15, 0.2) is 63.2 Å². The Balaban J connectivity index is 0.00000208. The number of thioether (sulfide) groups is 1. The molecule has 1 unspecified atom stereocenters. The van der Waals surface area contributed by atoms with Crippen LogP contribution in [0.3, 0.4) is 0 Å². The molecule has 3 rings (SSSR count). The lowest BCUT2D eigenvalue weighted by molar-refractivity contribution is 0.474. The third kappa shape index (κ3) is 5.44.